The van der Waals surface area contributed by atoms with Crippen LogP contribution in [0.25, 0.3) is 0 Å². The minimum atomic E-state index is -3.40. The first kappa shape index (κ1) is 25.2. The van der Waals surface area contributed by atoms with Crippen molar-refractivity contribution in [1.82, 2.24) is 10.0 Å². The fourth-order valence-corrected chi connectivity index (χ4v) is 4.21. The molecule has 10 heteroatoms. The van der Waals surface area contributed by atoms with Crippen molar-refractivity contribution >= 4 is 21.9 Å². The van der Waals surface area contributed by atoms with Crippen molar-refractivity contribution in [2.24, 2.45) is 0 Å². The van der Waals surface area contributed by atoms with E-state index in [0.29, 0.717) is 22.6 Å². The Bertz CT molecular complexity index is 1030. The number of ether oxygens (including phenoxy) is 3. The van der Waals surface area contributed by atoms with E-state index in [-0.39, 0.29) is 30.9 Å². The van der Waals surface area contributed by atoms with Crippen LogP contribution in [0.2, 0.25) is 0 Å². The van der Waals surface area contributed by atoms with Gasteiger partial charge >= 0.3 is 5.97 Å². The minimum absolute atomic E-state index is 0.109. The Morgan fingerprint density at radius 3 is 2.22 bits per heavy atom. The molecule has 32 heavy (non-hydrogen) atoms. The number of sulfonamides is 1. The molecule has 0 fully saturated rings. The van der Waals surface area contributed by atoms with Gasteiger partial charge in [-0.05, 0) is 43.2 Å². The van der Waals surface area contributed by atoms with Gasteiger partial charge in [0.15, 0.2) is 18.1 Å². The zero-order chi connectivity index (χ0) is 23.7. The molecule has 0 unspecified atom stereocenters. The van der Waals surface area contributed by atoms with Crippen LogP contribution < -0.4 is 19.5 Å². The van der Waals surface area contributed by atoms with Crippen molar-refractivity contribution < 1.29 is 32.2 Å². The number of hydrogen-bond donors (Lipinski definition) is 2. The molecule has 0 aliphatic heterocycles. The molecule has 2 N–H and O–H groups in total. The topological polar surface area (TPSA) is 120 Å². The minimum Gasteiger partial charge on any atom is -0.493 e. The standard InChI is InChI=1S/C22H28N2O7S/c1-15(2)24-32(27,28)14-17-7-5-16(6-8-17)12-23-22(26)18-9-10-19(20(11-18)29-3)31-13-21(25)30-4/h5-11,15,24H,12-14H2,1-4H3,(H,23,26). The second-order valence-corrected chi connectivity index (χ2v) is 9.02. The number of rotatable bonds is 11. The molecule has 0 heterocycles. The van der Waals surface area contributed by atoms with Crippen molar-refractivity contribution in [3.8, 4) is 11.5 Å². The van der Waals surface area contributed by atoms with Crippen LogP contribution in [-0.2, 0) is 31.9 Å². The van der Waals surface area contributed by atoms with E-state index in [0.717, 1.165) is 5.56 Å². The van der Waals surface area contributed by atoms with Gasteiger partial charge in [-0.25, -0.2) is 17.9 Å². The van der Waals surface area contributed by atoms with E-state index < -0.39 is 16.0 Å². The van der Waals surface area contributed by atoms with Gasteiger partial charge in [-0.1, -0.05) is 24.3 Å². The van der Waals surface area contributed by atoms with E-state index >= 15 is 0 Å². The Balaban J connectivity index is 1.96. The van der Waals surface area contributed by atoms with Crippen molar-refractivity contribution in [2.45, 2.75) is 32.2 Å². The van der Waals surface area contributed by atoms with Gasteiger partial charge in [0.2, 0.25) is 10.0 Å². The third kappa shape index (κ3) is 7.86. The molecule has 0 aliphatic carbocycles. The van der Waals surface area contributed by atoms with Gasteiger partial charge in [0.1, 0.15) is 0 Å². The highest BCUT2D eigenvalue weighted by atomic mass is 32.2. The first-order chi connectivity index (χ1) is 15.1. The molecule has 0 saturated carbocycles. The summed E-state index contributed by atoms with van der Waals surface area (Å²) in [6.07, 6.45) is 0. The van der Waals surface area contributed by atoms with Crippen LogP contribution in [0.15, 0.2) is 42.5 Å². The third-order valence-corrected chi connectivity index (χ3v) is 5.79. The van der Waals surface area contributed by atoms with E-state index in [2.05, 4.69) is 14.8 Å². The van der Waals surface area contributed by atoms with Crippen LogP contribution in [0, 0.1) is 0 Å². The molecule has 0 aliphatic rings. The summed E-state index contributed by atoms with van der Waals surface area (Å²) in [5.41, 5.74) is 1.83. The first-order valence-corrected chi connectivity index (χ1v) is 11.5. The summed E-state index contributed by atoms with van der Waals surface area (Å²) >= 11 is 0. The number of carbonyl (C=O) groups excluding carboxylic acids is 2. The Hall–Kier alpha value is -3.11. The number of amides is 1. The van der Waals surface area contributed by atoms with Gasteiger partial charge in [-0.2, -0.15) is 0 Å². The smallest absolute Gasteiger partial charge is 0.343 e. The molecule has 0 radical (unpaired) electrons. The Kier molecular flexibility index (Phi) is 9.03. The summed E-state index contributed by atoms with van der Waals surface area (Å²) in [6, 6.07) is 11.4. The van der Waals surface area contributed by atoms with Crippen LogP contribution in [0.5, 0.6) is 11.5 Å². The van der Waals surface area contributed by atoms with Gasteiger partial charge in [-0.15, -0.1) is 0 Å². The highest BCUT2D eigenvalue weighted by Gasteiger charge is 2.14. The van der Waals surface area contributed by atoms with Crippen LogP contribution in [0.4, 0.5) is 0 Å². The van der Waals surface area contributed by atoms with Gasteiger partial charge in [-0.3, -0.25) is 4.79 Å². The first-order valence-electron chi connectivity index (χ1n) is 9.87. The second-order valence-electron chi connectivity index (χ2n) is 7.26. The predicted octanol–water partition coefficient (Wildman–Crippen LogP) is 2.00. The molecule has 0 atom stereocenters. The summed E-state index contributed by atoms with van der Waals surface area (Å²) in [5.74, 6) is -0.347. The van der Waals surface area contributed by atoms with Crippen molar-refractivity contribution in [2.75, 3.05) is 20.8 Å². The van der Waals surface area contributed by atoms with E-state index in [1.54, 1.807) is 44.2 Å². The Morgan fingerprint density at radius 2 is 1.62 bits per heavy atom. The quantitative estimate of drug-likeness (QED) is 0.488. The van der Waals surface area contributed by atoms with Crippen LogP contribution in [0.1, 0.15) is 35.3 Å². The SMILES string of the molecule is COC(=O)COc1ccc(C(=O)NCc2ccc(CS(=O)(=O)NC(C)C)cc2)cc1OC. The molecule has 0 spiro atoms. The lowest BCUT2D eigenvalue weighted by Crippen LogP contribution is -2.31. The highest BCUT2D eigenvalue weighted by molar-refractivity contribution is 7.88. The molecule has 0 bridgehead atoms. The third-order valence-electron chi connectivity index (χ3n) is 4.25. The normalized spacial score (nSPS) is 11.2. The number of carbonyl (C=O) groups is 2. The number of hydrogen-bond acceptors (Lipinski definition) is 7. The maximum atomic E-state index is 12.5. The zero-order valence-corrected chi connectivity index (χ0v) is 19.3. The summed E-state index contributed by atoms with van der Waals surface area (Å²) in [6.45, 7) is 3.52. The lowest BCUT2D eigenvalue weighted by Gasteiger charge is -2.12. The lowest BCUT2D eigenvalue weighted by molar-refractivity contribution is -0.142. The van der Waals surface area contributed by atoms with Gasteiger partial charge in [0.25, 0.3) is 5.91 Å². The molecule has 1 amide bonds. The summed E-state index contributed by atoms with van der Waals surface area (Å²) in [4.78, 5) is 23.7. The van der Waals surface area contributed by atoms with Crippen molar-refractivity contribution in [3.05, 3.63) is 59.2 Å². The predicted molar refractivity (Wildman–Crippen MR) is 119 cm³/mol. The van der Waals surface area contributed by atoms with E-state index in [1.165, 1.54) is 26.4 Å². The molecule has 0 saturated heterocycles. The number of nitrogens with one attached hydrogen (secondary N) is 2. The molecule has 2 aromatic carbocycles. The van der Waals surface area contributed by atoms with E-state index in [9.17, 15) is 18.0 Å². The summed E-state index contributed by atoms with van der Waals surface area (Å²) < 4.78 is 41.7. The summed E-state index contributed by atoms with van der Waals surface area (Å²) in [7, 11) is -0.706. The number of benzene rings is 2. The number of esters is 1. The van der Waals surface area contributed by atoms with Crippen LogP contribution in [-0.4, -0.2) is 47.2 Å². The van der Waals surface area contributed by atoms with E-state index in [1.807, 2.05) is 0 Å². The Labute approximate surface area is 188 Å². The molecule has 2 aromatic rings. The van der Waals surface area contributed by atoms with Gasteiger partial charge < -0.3 is 19.5 Å². The van der Waals surface area contributed by atoms with Crippen molar-refractivity contribution in [3.63, 3.8) is 0 Å². The number of methoxy groups -OCH3 is 2. The molecular formula is C22H28N2O7S. The maximum absolute atomic E-state index is 12.5. The second kappa shape index (κ2) is 11.5. The average Bonchev–Trinajstić information content (AvgIpc) is 2.75. The molecule has 0 aromatic heterocycles. The van der Waals surface area contributed by atoms with Crippen molar-refractivity contribution in [1.29, 1.82) is 0 Å². The van der Waals surface area contributed by atoms with E-state index in [4.69, 9.17) is 9.47 Å². The lowest BCUT2D eigenvalue weighted by atomic mass is 10.1. The summed E-state index contributed by atoms with van der Waals surface area (Å²) in [5, 5.41) is 2.80. The molecule has 9 nitrogen and oxygen atoms in total. The van der Waals surface area contributed by atoms with Gasteiger partial charge in [0, 0.05) is 18.2 Å². The molecule has 2 rings (SSSR count). The molecular weight excluding hydrogens is 436 g/mol. The monoisotopic (exact) mass is 464 g/mol. The zero-order valence-electron chi connectivity index (χ0n) is 18.5. The fourth-order valence-electron chi connectivity index (χ4n) is 2.78. The Morgan fingerprint density at radius 1 is 0.969 bits per heavy atom. The van der Waals surface area contributed by atoms with Gasteiger partial charge in [0.05, 0.1) is 20.0 Å². The maximum Gasteiger partial charge on any atom is 0.343 e. The highest BCUT2D eigenvalue weighted by Crippen LogP contribution is 2.28. The average molecular weight is 465 g/mol. The molecule has 174 valence electrons. The largest absolute Gasteiger partial charge is 0.493 e. The van der Waals surface area contributed by atoms with Crippen LogP contribution in [0.3, 0.4) is 0 Å². The van der Waals surface area contributed by atoms with Crippen LogP contribution >= 0.6 is 0 Å². The fraction of sp³-hybridized carbons (Fsp3) is 0.364.